The predicted octanol–water partition coefficient (Wildman–Crippen LogP) is 2.95. The van der Waals surface area contributed by atoms with Gasteiger partial charge in [0.15, 0.2) is 10.5 Å². The first-order valence-corrected chi connectivity index (χ1v) is 8.05. The van der Waals surface area contributed by atoms with Gasteiger partial charge in [0.25, 0.3) is 5.56 Å². The third kappa shape index (κ3) is 1.99. The molecule has 5 nitrogen and oxygen atoms in total. The van der Waals surface area contributed by atoms with Gasteiger partial charge < -0.3 is 9.51 Å². The molecule has 0 saturated heterocycles. The largest absolute Gasteiger partial charge is 0.359 e. The summed E-state index contributed by atoms with van der Waals surface area (Å²) in [6, 6.07) is 1.82. The molecule has 0 amide bonds. The lowest BCUT2D eigenvalue weighted by molar-refractivity contribution is 0.371. The van der Waals surface area contributed by atoms with Crippen LogP contribution in [-0.4, -0.2) is 14.7 Å². The Hall–Kier alpha value is -1.73. The van der Waals surface area contributed by atoms with Crippen LogP contribution in [0.25, 0.3) is 10.2 Å². The van der Waals surface area contributed by atoms with Gasteiger partial charge in [0.05, 0.1) is 17.6 Å². The second kappa shape index (κ2) is 4.64. The molecule has 1 aliphatic rings. The van der Waals surface area contributed by atoms with Crippen molar-refractivity contribution >= 4 is 33.8 Å². The zero-order valence-electron chi connectivity index (χ0n) is 11.4. The summed E-state index contributed by atoms with van der Waals surface area (Å²) in [5, 5.41) is 4.65. The van der Waals surface area contributed by atoms with Crippen LogP contribution in [-0.2, 0) is 19.4 Å². The summed E-state index contributed by atoms with van der Waals surface area (Å²) in [7, 11) is 0. The van der Waals surface area contributed by atoms with Crippen molar-refractivity contribution in [2.45, 2.75) is 32.7 Å². The van der Waals surface area contributed by atoms with Gasteiger partial charge in [0.1, 0.15) is 4.83 Å². The SMILES string of the molecule is Cc1cc(Cn2c(=S)[nH]c3sc4c(c3c2=O)CCC4)on1. The fourth-order valence-corrected chi connectivity index (χ4v) is 4.50. The Morgan fingerprint density at radius 2 is 2.38 bits per heavy atom. The van der Waals surface area contributed by atoms with Crippen molar-refractivity contribution in [3.8, 4) is 0 Å². The van der Waals surface area contributed by atoms with E-state index in [1.807, 2.05) is 13.0 Å². The second-order valence-electron chi connectivity index (χ2n) is 5.32. The Labute approximate surface area is 129 Å². The molecule has 3 aromatic heterocycles. The average molecular weight is 319 g/mol. The number of aromatic nitrogens is 3. The summed E-state index contributed by atoms with van der Waals surface area (Å²) >= 11 is 6.99. The highest BCUT2D eigenvalue weighted by Gasteiger charge is 2.21. The summed E-state index contributed by atoms with van der Waals surface area (Å²) in [4.78, 5) is 18.2. The highest BCUT2D eigenvalue weighted by molar-refractivity contribution is 7.71. The van der Waals surface area contributed by atoms with Crippen LogP contribution in [0.4, 0.5) is 0 Å². The normalized spacial score (nSPS) is 14.0. The summed E-state index contributed by atoms with van der Waals surface area (Å²) in [5.74, 6) is 0.639. The van der Waals surface area contributed by atoms with Crippen molar-refractivity contribution < 1.29 is 4.52 Å². The minimum absolute atomic E-state index is 0.0257. The maximum atomic E-state index is 12.8. The smallest absolute Gasteiger partial charge is 0.263 e. The molecule has 7 heteroatoms. The Balaban J connectivity index is 1.93. The van der Waals surface area contributed by atoms with Gasteiger partial charge in [-0.15, -0.1) is 11.3 Å². The zero-order valence-corrected chi connectivity index (χ0v) is 13.1. The first kappa shape index (κ1) is 13.0. The molecule has 1 aliphatic carbocycles. The molecule has 0 saturated carbocycles. The lowest BCUT2D eigenvalue weighted by atomic mass is 10.2. The van der Waals surface area contributed by atoms with Gasteiger partial charge in [0.2, 0.25) is 0 Å². The number of thiophene rings is 1. The molecule has 21 heavy (non-hydrogen) atoms. The van der Waals surface area contributed by atoms with Crippen LogP contribution < -0.4 is 5.56 Å². The molecule has 0 atom stereocenters. The lowest BCUT2D eigenvalue weighted by Crippen LogP contribution is -2.22. The summed E-state index contributed by atoms with van der Waals surface area (Å²) in [5.41, 5.74) is 1.97. The monoisotopic (exact) mass is 319 g/mol. The van der Waals surface area contributed by atoms with Gasteiger partial charge in [-0.3, -0.25) is 9.36 Å². The van der Waals surface area contributed by atoms with Crippen LogP contribution in [0.15, 0.2) is 15.4 Å². The lowest BCUT2D eigenvalue weighted by Gasteiger charge is -2.04. The van der Waals surface area contributed by atoms with E-state index in [1.165, 1.54) is 10.4 Å². The molecule has 0 aromatic carbocycles. The van der Waals surface area contributed by atoms with Crippen LogP contribution in [0.2, 0.25) is 0 Å². The van der Waals surface area contributed by atoms with Crippen molar-refractivity contribution in [1.82, 2.24) is 14.7 Å². The first-order valence-electron chi connectivity index (χ1n) is 6.83. The van der Waals surface area contributed by atoms with E-state index < -0.39 is 0 Å². The Kier molecular flexibility index (Phi) is 2.87. The molecule has 1 N–H and O–H groups in total. The van der Waals surface area contributed by atoms with Crippen LogP contribution in [0.3, 0.4) is 0 Å². The number of fused-ring (bicyclic) bond motifs is 3. The molecule has 0 fully saturated rings. The molecule has 4 rings (SSSR count). The number of hydrogen-bond donors (Lipinski definition) is 1. The minimum atomic E-state index is -0.0257. The highest BCUT2D eigenvalue weighted by atomic mass is 32.1. The molecule has 0 radical (unpaired) electrons. The molecule has 108 valence electrons. The first-order chi connectivity index (χ1) is 10.1. The van der Waals surface area contributed by atoms with E-state index >= 15 is 0 Å². The van der Waals surface area contributed by atoms with E-state index in [2.05, 4.69) is 10.1 Å². The van der Waals surface area contributed by atoms with Gasteiger partial charge in [-0.2, -0.15) is 0 Å². The van der Waals surface area contributed by atoms with Crippen molar-refractivity contribution in [3.63, 3.8) is 0 Å². The van der Waals surface area contributed by atoms with Gasteiger partial charge in [-0.25, -0.2) is 0 Å². The molecule has 3 aromatic rings. The van der Waals surface area contributed by atoms with Gasteiger partial charge in [-0.1, -0.05) is 5.16 Å². The number of hydrogen-bond acceptors (Lipinski definition) is 5. The van der Waals surface area contributed by atoms with E-state index in [9.17, 15) is 4.79 Å². The topological polar surface area (TPSA) is 63.8 Å². The maximum Gasteiger partial charge on any atom is 0.263 e. The van der Waals surface area contributed by atoms with Gasteiger partial charge in [-0.05, 0) is 44.0 Å². The van der Waals surface area contributed by atoms with Crippen molar-refractivity contribution in [2.75, 3.05) is 0 Å². The van der Waals surface area contributed by atoms with Gasteiger partial charge in [0, 0.05) is 10.9 Å². The molecule has 0 unspecified atom stereocenters. The molecule has 3 heterocycles. The van der Waals surface area contributed by atoms with Crippen LogP contribution in [0.5, 0.6) is 0 Å². The summed E-state index contributed by atoms with van der Waals surface area (Å²) in [6.45, 7) is 2.17. The summed E-state index contributed by atoms with van der Waals surface area (Å²) < 4.78 is 7.19. The number of nitrogens with one attached hydrogen (secondary N) is 1. The Bertz CT molecular complexity index is 961. The zero-order chi connectivity index (χ0) is 14.6. The van der Waals surface area contributed by atoms with E-state index in [1.54, 1.807) is 15.9 Å². The number of aryl methyl sites for hydroxylation is 3. The predicted molar refractivity (Wildman–Crippen MR) is 83.6 cm³/mol. The van der Waals surface area contributed by atoms with Gasteiger partial charge >= 0.3 is 0 Å². The molecule has 0 bridgehead atoms. The fraction of sp³-hybridized carbons (Fsp3) is 0.357. The molecule has 0 spiro atoms. The van der Waals surface area contributed by atoms with E-state index in [0.29, 0.717) is 17.1 Å². The van der Waals surface area contributed by atoms with Crippen molar-refractivity contribution in [3.05, 3.63) is 43.1 Å². The van der Waals surface area contributed by atoms with Crippen LogP contribution >= 0.6 is 23.6 Å². The van der Waals surface area contributed by atoms with E-state index in [0.717, 1.165) is 35.2 Å². The van der Waals surface area contributed by atoms with E-state index in [4.69, 9.17) is 16.7 Å². The quantitative estimate of drug-likeness (QED) is 0.738. The third-order valence-electron chi connectivity index (χ3n) is 3.84. The second-order valence-corrected chi connectivity index (χ2v) is 6.81. The fourth-order valence-electron chi connectivity index (χ4n) is 2.90. The Morgan fingerprint density at radius 1 is 1.52 bits per heavy atom. The minimum Gasteiger partial charge on any atom is -0.359 e. The highest BCUT2D eigenvalue weighted by Crippen LogP contribution is 2.34. The molecular weight excluding hydrogens is 306 g/mol. The van der Waals surface area contributed by atoms with E-state index in [-0.39, 0.29) is 5.56 Å². The molecule has 0 aliphatic heterocycles. The third-order valence-corrected chi connectivity index (χ3v) is 5.37. The van der Waals surface area contributed by atoms with Crippen LogP contribution in [0.1, 0.15) is 28.3 Å². The van der Waals surface area contributed by atoms with Crippen molar-refractivity contribution in [1.29, 1.82) is 0 Å². The Morgan fingerprint density at radius 3 is 3.14 bits per heavy atom. The average Bonchev–Trinajstić information content (AvgIpc) is 3.10. The van der Waals surface area contributed by atoms with Crippen molar-refractivity contribution in [2.24, 2.45) is 0 Å². The number of nitrogens with zero attached hydrogens (tertiary/aromatic N) is 2. The number of rotatable bonds is 2. The summed E-state index contributed by atoms with van der Waals surface area (Å²) in [6.07, 6.45) is 3.18. The van der Waals surface area contributed by atoms with Crippen LogP contribution in [0, 0.1) is 11.7 Å². The number of H-pyrrole nitrogens is 1. The number of aromatic amines is 1. The molecular formula is C14H13N3O2S2. The standard InChI is InChI=1S/C14H13N3O2S2/c1-7-5-8(19-16-7)6-17-13(18)11-9-3-2-4-10(9)21-12(11)15-14(17)20/h5H,2-4,6H2,1H3,(H,15,20). The maximum absolute atomic E-state index is 12.8.